The molecular formula is C14H10F3N2O4S-. The van der Waals surface area contributed by atoms with Gasteiger partial charge in [0.2, 0.25) is 0 Å². The number of esters is 1. The van der Waals surface area contributed by atoms with Crippen LogP contribution in [0.25, 0.3) is 11.3 Å². The van der Waals surface area contributed by atoms with Crippen LogP contribution >= 0.6 is 0 Å². The second kappa shape index (κ2) is 7.05. The average Bonchev–Trinajstić information content (AvgIpc) is 2.52. The molecular weight excluding hydrogens is 349 g/mol. The van der Waals surface area contributed by atoms with E-state index in [2.05, 4.69) is 14.7 Å². The molecule has 2 rings (SSSR count). The molecule has 1 unspecified atom stereocenters. The van der Waals surface area contributed by atoms with Crippen molar-refractivity contribution in [3.8, 4) is 11.3 Å². The highest BCUT2D eigenvalue weighted by molar-refractivity contribution is 7.78. The van der Waals surface area contributed by atoms with Gasteiger partial charge in [-0.3, -0.25) is 4.21 Å². The molecule has 1 heterocycles. The van der Waals surface area contributed by atoms with Crippen LogP contribution in [0.5, 0.6) is 0 Å². The molecule has 0 N–H and O–H groups in total. The van der Waals surface area contributed by atoms with Gasteiger partial charge in [-0.2, -0.15) is 13.2 Å². The highest BCUT2D eigenvalue weighted by Crippen LogP contribution is 2.31. The van der Waals surface area contributed by atoms with Gasteiger partial charge in [0.25, 0.3) is 0 Å². The van der Waals surface area contributed by atoms with Crippen LogP contribution in [-0.4, -0.2) is 31.8 Å². The van der Waals surface area contributed by atoms with Gasteiger partial charge < -0.3 is 9.29 Å². The summed E-state index contributed by atoms with van der Waals surface area (Å²) in [6.45, 7) is 0. The smallest absolute Gasteiger partial charge is 0.433 e. The Kier molecular flexibility index (Phi) is 5.30. The lowest BCUT2D eigenvalue weighted by molar-refractivity contribution is -0.141. The number of hydrogen-bond acceptors (Lipinski definition) is 6. The summed E-state index contributed by atoms with van der Waals surface area (Å²) in [5.74, 6) is -2.06. The molecule has 0 saturated carbocycles. The number of benzene rings is 1. The van der Waals surface area contributed by atoms with Crippen LogP contribution in [0.1, 0.15) is 21.9 Å². The Morgan fingerprint density at radius 3 is 2.54 bits per heavy atom. The van der Waals surface area contributed by atoms with E-state index in [-0.39, 0.29) is 16.8 Å². The minimum atomic E-state index is -4.79. The summed E-state index contributed by atoms with van der Waals surface area (Å²) in [7, 11) is 1.13. The summed E-state index contributed by atoms with van der Waals surface area (Å²) < 4.78 is 65.1. The maximum absolute atomic E-state index is 13.0. The number of ether oxygens (including phenoxy) is 1. The predicted molar refractivity (Wildman–Crippen MR) is 76.4 cm³/mol. The van der Waals surface area contributed by atoms with E-state index in [9.17, 15) is 26.7 Å². The van der Waals surface area contributed by atoms with Crippen LogP contribution < -0.4 is 0 Å². The zero-order valence-corrected chi connectivity index (χ0v) is 13.0. The van der Waals surface area contributed by atoms with Gasteiger partial charge in [0, 0.05) is 5.56 Å². The summed E-state index contributed by atoms with van der Waals surface area (Å²) in [6.07, 6.45) is -4.79. The fraction of sp³-hybridized carbons (Fsp3) is 0.214. The molecule has 0 saturated heterocycles. The van der Waals surface area contributed by atoms with Crippen LogP contribution in [0.4, 0.5) is 13.2 Å². The van der Waals surface area contributed by atoms with Gasteiger partial charge in [-0.25, -0.2) is 14.8 Å². The van der Waals surface area contributed by atoms with Crippen molar-refractivity contribution in [2.24, 2.45) is 0 Å². The van der Waals surface area contributed by atoms with Gasteiger partial charge in [0.05, 0.1) is 24.1 Å². The largest absolute Gasteiger partial charge is 0.772 e. The second-order valence-electron chi connectivity index (χ2n) is 4.54. The Morgan fingerprint density at radius 1 is 1.29 bits per heavy atom. The number of methoxy groups -OCH3 is 1. The molecule has 0 spiro atoms. The normalized spacial score (nSPS) is 12.7. The summed E-state index contributed by atoms with van der Waals surface area (Å²) >= 11 is -2.67. The van der Waals surface area contributed by atoms with Crippen LogP contribution in [0, 0.1) is 0 Å². The van der Waals surface area contributed by atoms with Crippen molar-refractivity contribution in [3.05, 3.63) is 47.4 Å². The molecule has 24 heavy (non-hydrogen) atoms. The third-order valence-electron chi connectivity index (χ3n) is 2.92. The number of alkyl halides is 3. The third-order valence-corrected chi connectivity index (χ3v) is 3.41. The van der Waals surface area contributed by atoms with E-state index in [1.165, 1.54) is 24.3 Å². The van der Waals surface area contributed by atoms with Crippen LogP contribution in [-0.2, 0) is 27.7 Å². The van der Waals surface area contributed by atoms with Crippen LogP contribution in [0.2, 0.25) is 0 Å². The number of nitrogens with zero attached hydrogens (tertiary/aromatic N) is 2. The molecule has 1 aromatic carbocycles. The molecule has 0 fully saturated rings. The molecule has 6 nitrogen and oxygen atoms in total. The summed E-state index contributed by atoms with van der Waals surface area (Å²) in [6, 6.07) is 6.41. The lowest BCUT2D eigenvalue weighted by Crippen LogP contribution is -2.13. The number of carbonyl (C=O) groups excluding carboxylic acids is 1. The average molecular weight is 359 g/mol. The van der Waals surface area contributed by atoms with Gasteiger partial charge >= 0.3 is 12.1 Å². The molecule has 1 atom stereocenters. The fourth-order valence-corrected chi connectivity index (χ4v) is 2.28. The molecule has 128 valence electrons. The molecule has 0 amide bonds. The number of hydrogen-bond donors (Lipinski definition) is 0. The minimum Gasteiger partial charge on any atom is -0.772 e. The van der Waals surface area contributed by atoms with Gasteiger partial charge in [-0.15, -0.1) is 0 Å². The molecule has 0 aliphatic carbocycles. The highest BCUT2D eigenvalue weighted by Gasteiger charge is 2.34. The SMILES string of the molecule is COC(=O)c1ccccc1-c1cc(C(F)(F)F)nc(CS(=O)[O-])n1. The summed E-state index contributed by atoms with van der Waals surface area (Å²) in [5.41, 5.74) is -1.44. The van der Waals surface area contributed by atoms with Crippen molar-refractivity contribution < 1.29 is 31.5 Å². The summed E-state index contributed by atoms with van der Waals surface area (Å²) in [5, 5.41) is 0. The van der Waals surface area contributed by atoms with Crippen molar-refractivity contribution in [2.75, 3.05) is 7.11 Å². The van der Waals surface area contributed by atoms with Crippen molar-refractivity contribution >= 4 is 17.0 Å². The van der Waals surface area contributed by atoms with Crippen LogP contribution in [0.3, 0.4) is 0 Å². The molecule has 1 aromatic heterocycles. The van der Waals surface area contributed by atoms with E-state index in [0.29, 0.717) is 6.07 Å². The Labute approximate surface area is 137 Å². The molecule has 10 heteroatoms. The number of halogens is 3. The first-order valence-electron chi connectivity index (χ1n) is 6.41. The maximum Gasteiger partial charge on any atom is 0.433 e. The van der Waals surface area contributed by atoms with Gasteiger partial charge in [0.1, 0.15) is 11.5 Å². The molecule has 2 aromatic rings. The Balaban J connectivity index is 2.66. The molecule has 0 aliphatic rings. The van der Waals surface area contributed by atoms with E-state index in [1.54, 1.807) is 0 Å². The van der Waals surface area contributed by atoms with Crippen molar-refractivity contribution in [2.45, 2.75) is 11.9 Å². The quantitative estimate of drug-likeness (QED) is 0.614. The van der Waals surface area contributed by atoms with E-state index >= 15 is 0 Å². The standard InChI is InChI=1S/C14H11F3N2O4S/c1-23-13(20)9-5-3-2-4-8(9)10-6-11(14(15,16)17)19-12(18-10)7-24(21)22/h2-6H,7H2,1H3,(H,21,22)/p-1. The zero-order valence-electron chi connectivity index (χ0n) is 12.2. The first-order chi connectivity index (χ1) is 11.2. The van der Waals surface area contributed by atoms with Gasteiger partial charge in [0.15, 0.2) is 0 Å². The first-order valence-corrected chi connectivity index (χ1v) is 7.65. The van der Waals surface area contributed by atoms with E-state index < -0.39 is 40.5 Å². The lowest BCUT2D eigenvalue weighted by atomic mass is 10.0. The number of rotatable bonds is 4. The number of aromatic nitrogens is 2. The fourth-order valence-electron chi connectivity index (χ4n) is 1.94. The van der Waals surface area contributed by atoms with E-state index in [4.69, 9.17) is 0 Å². The Bertz CT molecular complexity index is 796. The molecule has 0 radical (unpaired) electrons. The van der Waals surface area contributed by atoms with E-state index in [1.807, 2.05) is 0 Å². The summed E-state index contributed by atoms with van der Waals surface area (Å²) in [4.78, 5) is 18.8. The Hall–Kier alpha value is -2.33. The van der Waals surface area contributed by atoms with Crippen LogP contribution in [0.15, 0.2) is 30.3 Å². The van der Waals surface area contributed by atoms with E-state index in [0.717, 1.165) is 7.11 Å². The lowest BCUT2D eigenvalue weighted by Gasteiger charge is -2.13. The first kappa shape index (κ1) is 18.0. The predicted octanol–water partition coefficient (Wildman–Crippen LogP) is 2.33. The van der Waals surface area contributed by atoms with Crippen molar-refractivity contribution in [1.29, 1.82) is 0 Å². The van der Waals surface area contributed by atoms with Crippen molar-refractivity contribution in [3.63, 3.8) is 0 Å². The Morgan fingerprint density at radius 2 is 1.96 bits per heavy atom. The number of carbonyl (C=O) groups is 1. The highest BCUT2D eigenvalue weighted by atomic mass is 32.2. The maximum atomic E-state index is 13.0. The zero-order chi connectivity index (χ0) is 17.9. The van der Waals surface area contributed by atoms with Gasteiger partial charge in [-0.05, 0) is 23.2 Å². The topological polar surface area (TPSA) is 92.2 Å². The minimum absolute atomic E-state index is 0.000945. The molecule has 0 bridgehead atoms. The third kappa shape index (κ3) is 4.15. The molecule has 0 aliphatic heterocycles. The van der Waals surface area contributed by atoms with Crippen molar-refractivity contribution in [1.82, 2.24) is 9.97 Å². The second-order valence-corrected chi connectivity index (χ2v) is 5.43. The van der Waals surface area contributed by atoms with Gasteiger partial charge in [-0.1, -0.05) is 18.2 Å². The monoisotopic (exact) mass is 359 g/mol.